The zero-order chi connectivity index (χ0) is 9.80. The fourth-order valence-corrected chi connectivity index (χ4v) is 1.78. The van der Waals surface area contributed by atoms with Crippen LogP contribution in [0.2, 0.25) is 0 Å². The molecule has 0 bridgehead atoms. The first-order valence-electron chi connectivity index (χ1n) is 5.21. The van der Waals surface area contributed by atoms with E-state index >= 15 is 0 Å². The minimum Gasteiger partial charge on any atom is -0.380 e. The lowest BCUT2D eigenvalue weighted by atomic mass is 10.1. The van der Waals surface area contributed by atoms with E-state index in [1.807, 2.05) is 0 Å². The van der Waals surface area contributed by atoms with E-state index in [2.05, 4.69) is 36.5 Å². The van der Waals surface area contributed by atoms with Crippen molar-refractivity contribution in [2.75, 3.05) is 13.2 Å². The van der Waals surface area contributed by atoms with Crippen molar-refractivity contribution in [1.29, 1.82) is 0 Å². The Morgan fingerprint density at radius 2 is 2.43 bits per heavy atom. The number of hydrogen-bond donors (Lipinski definition) is 1. The van der Waals surface area contributed by atoms with Gasteiger partial charge in [-0.25, -0.2) is 0 Å². The molecule has 2 rings (SSSR count). The van der Waals surface area contributed by atoms with Crippen molar-refractivity contribution >= 4 is 0 Å². The summed E-state index contributed by atoms with van der Waals surface area (Å²) in [5, 5.41) is 3.50. The van der Waals surface area contributed by atoms with Crippen LogP contribution in [0.5, 0.6) is 0 Å². The van der Waals surface area contributed by atoms with E-state index in [9.17, 15) is 0 Å². The van der Waals surface area contributed by atoms with Crippen molar-refractivity contribution in [3.8, 4) is 0 Å². The summed E-state index contributed by atoms with van der Waals surface area (Å²) in [4.78, 5) is 0. The molecular formula is C12H17NO. The molecular weight excluding hydrogens is 174 g/mol. The Kier molecular flexibility index (Phi) is 3.17. The molecule has 1 heterocycles. The van der Waals surface area contributed by atoms with Crippen LogP contribution in [0.4, 0.5) is 0 Å². The molecule has 2 heteroatoms. The van der Waals surface area contributed by atoms with Gasteiger partial charge in [0, 0.05) is 19.2 Å². The van der Waals surface area contributed by atoms with Gasteiger partial charge in [-0.2, -0.15) is 0 Å². The fraction of sp³-hybridized carbons (Fsp3) is 0.500. The second-order valence-electron chi connectivity index (χ2n) is 3.93. The van der Waals surface area contributed by atoms with E-state index < -0.39 is 0 Å². The minimum absolute atomic E-state index is 0.551. The van der Waals surface area contributed by atoms with Crippen LogP contribution in [0.25, 0.3) is 0 Å². The smallest absolute Gasteiger partial charge is 0.0620 e. The molecule has 1 aromatic carbocycles. The first-order valence-corrected chi connectivity index (χ1v) is 5.21. The van der Waals surface area contributed by atoms with Crippen LogP contribution in [0.3, 0.4) is 0 Å². The second-order valence-corrected chi connectivity index (χ2v) is 3.93. The van der Waals surface area contributed by atoms with Gasteiger partial charge in [0.05, 0.1) is 6.61 Å². The summed E-state index contributed by atoms with van der Waals surface area (Å²) in [5.41, 5.74) is 2.68. The van der Waals surface area contributed by atoms with E-state index in [-0.39, 0.29) is 0 Å². The number of hydrogen-bond acceptors (Lipinski definition) is 2. The van der Waals surface area contributed by atoms with E-state index in [0.29, 0.717) is 6.04 Å². The van der Waals surface area contributed by atoms with Crippen LogP contribution in [0, 0.1) is 6.92 Å². The Morgan fingerprint density at radius 1 is 1.50 bits per heavy atom. The summed E-state index contributed by atoms with van der Waals surface area (Å²) >= 11 is 0. The van der Waals surface area contributed by atoms with Crippen LogP contribution < -0.4 is 5.32 Å². The highest BCUT2D eigenvalue weighted by molar-refractivity contribution is 5.22. The molecule has 0 radical (unpaired) electrons. The van der Waals surface area contributed by atoms with E-state index in [1.165, 1.54) is 11.1 Å². The molecule has 1 fully saturated rings. The lowest BCUT2D eigenvalue weighted by Crippen LogP contribution is -2.28. The molecule has 1 aliphatic rings. The minimum atomic E-state index is 0.551. The van der Waals surface area contributed by atoms with E-state index in [4.69, 9.17) is 4.74 Å². The van der Waals surface area contributed by atoms with E-state index in [0.717, 1.165) is 26.2 Å². The molecule has 2 nitrogen and oxygen atoms in total. The van der Waals surface area contributed by atoms with Gasteiger partial charge in [-0.3, -0.25) is 0 Å². The number of ether oxygens (including phenoxy) is 1. The van der Waals surface area contributed by atoms with Crippen molar-refractivity contribution in [1.82, 2.24) is 5.32 Å². The zero-order valence-electron chi connectivity index (χ0n) is 8.62. The topological polar surface area (TPSA) is 21.3 Å². The molecule has 1 N–H and O–H groups in total. The second kappa shape index (κ2) is 4.58. The lowest BCUT2D eigenvalue weighted by molar-refractivity contribution is 0.190. The molecule has 1 unspecified atom stereocenters. The highest BCUT2D eigenvalue weighted by Gasteiger charge is 2.13. The molecule has 76 valence electrons. The van der Waals surface area contributed by atoms with Crippen molar-refractivity contribution in [3.05, 3.63) is 35.4 Å². The van der Waals surface area contributed by atoms with Gasteiger partial charge in [-0.15, -0.1) is 0 Å². The number of benzene rings is 1. The van der Waals surface area contributed by atoms with Gasteiger partial charge in [-0.05, 0) is 18.9 Å². The Labute approximate surface area is 85.3 Å². The van der Waals surface area contributed by atoms with Gasteiger partial charge < -0.3 is 10.1 Å². The Bertz CT molecular complexity index is 292. The summed E-state index contributed by atoms with van der Waals surface area (Å²) in [5.74, 6) is 0. The van der Waals surface area contributed by atoms with Gasteiger partial charge >= 0.3 is 0 Å². The summed E-state index contributed by atoms with van der Waals surface area (Å²) in [7, 11) is 0. The van der Waals surface area contributed by atoms with Crippen molar-refractivity contribution < 1.29 is 4.74 Å². The zero-order valence-corrected chi connectivity index (χ0v) is 8.62. The predicted octanol–water partition coefficient (Wildman–Crippen LogP) is 1.87. The standard InChI is InChI=1S/C12H17NO/c1-10-3-2-4-11(7-10)8-13-12-5-6-14-9-12/h2-4,7,12-13H,5-6,8-9H2,1H3. The molecule has 0 spiro atoms. The maximum Gasteiger partial charge on any atom is 0.0620 e. The third-order valence-corrected chi connectivity index (χ3v) is 2.61. The van der Waals surface area contributed by atoms with Crippen LogP contribution in [-0.4, -0.2) is 19.3 Å². The van der Waals surface area contributed by atoms with Gasteiger partial charge in [0.15, 0.2) is 0 Å². The third kappa shape index (κ3) is 2.56. The molecule has 0 amide bonds. The van der Waals surface area contributed by atoms with Crippen LogP contribution in [0.1, 0.15) is 17.5 Å². The third-order valence-electron chi connectivity index (χ3n) is 2.61. The fourth-order valence-electron chi connectivity index (χ4n) is 1.78. The van der Waals surface area contributed by atoms with Gasteiger partial charge in [0.2, 0.25) is 0 Å². The van der Waals surface area contributed by atoms with Crippen LogP contribution in [-0.2, 0) is 11.3 Å². The summed E-state index contributed by atoms with van der Waals surface area (Å²) in [6, 6.07) is 9.17. The maximum absolute atomic E-state index is 5.31. The van der Waals surface area contributed by atoms with Crippen molar-refractivity contribution in [3.63, 3.8) is 0 Å². The molecule has 0 saturated carbocycles. The molecule has 14 heavy (non-hydrogen) atoms. The van der Waals surface area contributed by atoms with Crippen LogP contribution in [0.15, 0.2) is 24.3 Å². The average Bonchev–Trinajstić information content (AvgIpc) is 2.67. The van der Waals surface area contributed by atoms with Gasteiger partial charge in [0.1, 0.15) is 0 Å². The average molecular weight is 191 g/mol. The summed E-state index contributed by atoms with van der Waals surface area (Å²) in [6.07, 6.45) is 1.14. The Balaban J connectivity index is 1.85. The van der Waals surface area contributed by atoms with Gasteiger partial charge in [-0.1, -0.05) is 29.8 Å². The molecule has 1 aliphatic heterocycles. The van der Waals surface area contributed by atoms with E-state index in [1.54, 1.807) is 0 Å². The summed E-state index contributed by atoms with van der Waals surface area (Å²) < 4.78 is 5.31. The predicted molar refractivity (Wildman–Crippen MR) is 57.2 cm³/mol. The highest BCUT2D eigenvalue weighted by atomic mass is 16.5. The molecule has 0 aromatic heterocycles. The van der Waals surface area contributed by atoms with Crippen molar-refractivity contribution in [2.45, 2.75) is 25.9 Å². The SMILES string of the molecule is Cc1cccc(CNC2CCOC2)c1. The first kappa shape index (κ1) is 9.69. The quantitative estimate of drug-likeness (QED) is 0.787. The Morgan fingerprint density at radius 3 is 3.14 bits per heavy atom. The number of rotatable bonds is 3. The molecule has 1 atom stereocenters. The monoisotopic (exact) mass is 191 g/mol. The number of aryl methyl sites for hydroxylation is 1. The first-order chi connectivity index (χ1) is 6.84. The number of nitrogens with one attached hydrogen (secondary N) is 1. The highest BCUT2D eigenvalue weighted by Crippen LogP contribution is 2.07. The maximum atomic E-state index is 5.31. The van der Waals surface area contributed by atoms with Crippen LogP contribution >= 0.6 is 0 Å². The van der Waals surface area contributed by atoms with Gasteiger partial charge in [0.25, 0.3) is 0 Å². The van der Waals surface area contributed by atoms with Crippen molar-refractivity contribution in [2.24, 2.45) is 0 Å². The lowest BCUT2D eigenvalue weighted by Gasteiger charge is -2.10. The molecule has 1 aromatic rings. The molecule has 0 aliphatic carbocycles. The molecule has 1 saturated heterocycles. The Hall–Kier alpha value is -0.860. The summed E-state index contributed by atoms with van der Waals surface area (Å²) in [6.45, 7) is 4.86. The largest absolute Gasteiger partial charge is 0.380 e. The normalized spacial score (nSPS) is 21.4.